The minimum atomic E-state index is -0.539. The highest BCUT2D eigenvalue weighted by atomic mass is 16.5. The molecule has 5 rings (SSSR count). The second kappa shape index (κ2) is 14.5. The molecular formula is C35H48N8O4. The number of amides is 3. The molecule has 0 saturated carbocycles. The summed E-state index contributed by atoms with van der Waals surface area (Å²) in [6, 6.07) is 12.6. The molecule has 12 nitrogen and oxygen atoms in total. The van der Waals surface area contributed by atoms with Gasteiger partial charge < -0.3 is 25.2 Å². The number of aromatic nitrogens is 3. The maximum atomic E-state index is 13.3. The SMILES string of the molecule is COc1cc(N2CCN(CCC(=O)NC(C(=O)N3CCCC3C)C(C)(C)C)CC2)ccc1NC(=O)c1cccc(-c2cc(C)n[nH]2)n1. The molecule has 0 radical (unpaired) electrons. The van der Waals surface area contributed by atoms with Crippen molar-refractivity contribution in [2.75, 3.05) is 56.6 Å². The number of nitrogens with one attached hydrogen (secondary N) is 3. The smallest absolute Gasteiger partial charge is 0.274 e. The second-order valence-electron chi connectivity index (χ2n) is 13.6. The van der Waals surface area contributed by atoms with Crippen LogP contribution in [-0.2, 0) is 9.59 Å². The Hall–Kier alpha value is -4.45. The van der Waals surface area contributed by atoms with E-state index in [1.54, 1.807) is 19.2 Å². The van der Waals surface area contributed by atoms with E-state index in [0.717, 1.165) is 62.6 Å². The normalized spacial score (nSPS) is 17.8. The van der Waals surface area contributed by atoms with Gasteiger partial charge in [-0.2, -0.15) is 5.10 Å². The number of nitrogens with zero attached hydrogens (tertiary/aromatic N) is 5. The molecule has 3 amide bonds. The van der Waals surface area contributed by atoms with Crippen molar-refractivity contribution in [2.45, 2.75) is 66.0 Å². The number of carbonyl (C=O) groups is 3. The number of likely N-dealkylation sites (tertiary alicyclic amines) is 1. The van der Waals surface area contributed by atoms with Gasteiger partial charge in [0.2, 0.25) is 11.8 Å². The van der Waals surface area contributed by atoms with Crippen LogP contribution in [0.15, 0.2) is 42.5 Å². The predicted molar refractivity (Wildman–Crippen MR) is 183 cm³/mol. The van der Waals surface area contributed by atoms with Gasteiger partial charge >= 0.3 is 0 Å². The van der Waals surface area contributed by atoms with Crippen LogP contribution in [0.3, 0.4) is 0 Å². The van der Waals surface area contributed by atoms with E-state index >= 15 is 0 Å². The van der Waals surface area contributed by atoms with E-state index in [0.29, 0.717) is 30.1 Å². The fraction of sp³-hybridized carbons (Fsp3) is 0.514. The van der Waals surface area contributed by atoms with Crippen molar-refractivity contribution in [1.82, 2.24) is 30.3 Å². The van der Waals surface area contributed by atoms with Crippen LogP contribution in [0, 0.1) is 12.3 Å². The molecule has 2 fully saturated rings. The van der Waals surface area contributed by atoms with Crippen molar-refractivity contribution in [3.05, 3.63) is 53.9 Å². The zero-order valence-electron chi connectivity index (χ0n) is 28.4. The van der Waals surface area contributed by atoms with Crippen LogP contribution in [0.1, 0.15) is 63.1 Å². The summed E-state index contributed by atoms with van der Waals surface area (Å²) in [4.78, 5) is 50.4. The largest absolute Gasteiger partial charge is 0.494 e. The number of aromatic amines is 1. The number of hydrogen-bond acceptors (Lipinski definition) is 8. The van der Waals surface area contributed by atoms with Crippen molar-refractivity contribution in [3.63, 3.8) is 0 Å². The molecule has 1 aromatic carbocycles. The summed E-state index contributed by atoms with van der Waals surface area (Å²) in [5, 5.41) is 13.1. The highest BCUT2D eigenvalue weighted by molar-refractivity contribution is 6.04. The number of hydrogen-bond donors (Lipinski definition) is 3. The zero-order valence-corrected chi connectivity index (χ0v) is 28.4. The monoisotopic (exact) mass is 644 g/mol. The van der Waals surface area contributed by atoms with Gasteiger partial charge in [-0.15, -0.1) is 0 Å². The van der Waals surface area contributed by atoms with Crippen LogP contribution < -0.4 is 20.3 Å². The first-order valence-electron chi connectivity index (χ1n) is 16.5. The fourth-order valence-electron chi connectivity index (χ4n) is 6.23. The molecule has 252 valence electrons. The standard InChI is InChI=1S/C35H48N8O4/c1-23-21-29(40-39-23)26-10-7-11-28(36-26)33(45)37-27-13-12-25(22-30(27)47-6)42-19-17-41(18-20-42)16-14-31(44)38-32(35(3,4)5)34(46)43-15-8-9-24(43)2/h7,10-13,21-22,24,32H,8-9,14-20H2,1-6H3,(H,37,45)(H,38,44)(H,39,40). The molecule has 0 aliphatic carbocycles. The number of pyridine rings is 1. The lowest BCUT2D eigenvalue weighted by Crippen LogP contribution is -2.55. The van der Waals surface area contributed by atoms with E-state index in [4.69, 9.17) is 4.74 Å². The molecule has 2 saturated heterocycles. The van der Waals surface area contributed by atoms with Crippen molar-refractivity contribution in [3.8, 4) is 17.1 Å². The fourth-order valence-corrected chi connectivity index (χ4v) is 6.23. The Labute approximate surface area is 277 Å². The Morgan fingerprint density at radius 2 is 1.83 bits per heavy atom. The van der Waals surface area contributed by atoms with E-state index in [1.165, 1.54) is 0 Å². The van der Waals surface area contributed by atoms with Crippen LogP contribution in [0.25, 0.3) is 11.4 Å². The number of ether oxygens (including phenoxy) is 1. The molecule has 3 aromatic rings. The Balaban J connectivity index is 1.12. The van der Waals surface area contributed by atoms with Gasteiger partial charge in [0.05, 0.1) is 29.9 Å². The lowest BCUT2D eigenvalue weighted by atomic mass is 9.85. The third-order valence-corrected chi connectivity index (χ3v) is 9.04. The van der Waals surface area contributed by atoms with E-state index < -0.39 is 6.04 Å². The number of H-pyrrole nitrogens is 1. The van der Waals surface area contributed by atoms with Crippen LogP contribution in [0.4, 0.5) is 11.4 Å². The van der Waals surface area contributed by atoms with Gasteiger partial charge in [-0.25, -0.2) is 4.98 Å². The van der Waals surface area contributed by atoms with Crippen molar-refractivity contribution < 1.29 is 19.1 Å². The number of aryl methyl sites for hydroxylation is 1. The molecule has 2 aliphatic heterocycles. The van der Waals surface area contributed by atoms with Gasteiger partial charge in [0.15, 0.2) is 0 Å². The molecule has 2 atom stereocenters. The van der Waals surface area contributed by atoms with Gasteiger partial charge in [-0.3, -0.25) is 24.4 Å². The van der Waals surface area contributed by atoms with E-state index in [2.05, 4.69) is 42.5 Å². The Morgan fingerprint density at radius 1 is 1.06 bits per heavy atom. The quantitative estimate of drug-likeness (QED) is 0.300. The molecule has 0 bridgehead atoms. The van der Waals surface area contributed by atoms with Gasteiger partial charge in [-0.1, -0.05) is 26.8 Å². The number of carbonyl (C=O) groups excluding carboxylic acids is 3. The topological polar surface area (TPSA) is 136 Å². The summed E-state index contributed by atoms with van der Waals surface area (Å²) < 4.78 is 5.65. The van der Waals surface area contributed by atoms with Gasteiger partial charge in [0.1, 0.15) is 17.5 Å². The molecule has 2 aliphatic rings. The second-order valence-corrected chi connectivity index (χ2v) is 13.6. The molecule has 4 heterocycles. The molecule has 3 N–H and O–H groups in total. The summed E-state index contributed by atoms with van der Waals surface area (Å²) in [7, 11) is 1.58. The molecule has 2 aromatic heterocycles. The van der Waals surface area contributed by atoms with Crippen LogP contribution in [-0.4, -0.2) is 101 Å². The van der Waals surface area contributed by atoms with Crippen LogP contribution in [0.2, 0.25) is 0 Å². The Morgan fingerprint density at radius 3 is 2.47 bits per heavy atom. The number of methoxy groups -OCH3 is 1. The summed E-state index contributed by atoms with van der Waals surface area (Å²) >= 11 is 0. The number of anilines is 2. The third kappa shape index (κ3) is 8.29. The Kier molecular flexibility index (Phi) is 10.5. The average molecular weight is 645 g/mol. The van der Waals surface area contributed by atoms with Crippen LogP contribution >= 0.6 is 0 Å². The predicted octanol–water partition coefficient (Wildman–Crippen LogP) is 4.09. The maximum absolute atomic E-state index is 13.3. The zero-order chi connectivity index (χ0) is 33.7. The lowest BCUT2D eigenvalue weighted by Gasteiger charge is -2.37. The average Bonchev–Trinajstić information content (AvgIpc) is 3.70. The maximum Gasteiger partial charge on any atom is 0.274 e. The summed E-state index contributed by atoms with van der Waals surface area (Å²) in [5.41, 5.74) is 3.69. The highest BCUT2D eigenvalue weighted by Gasteiger charge is 2.38. The van der Waals surface area contributed by atoms with E-state index in [9.17, 15) is 14.4 Å². The summed E-state index contributed by atoms with van der Waals surface area (Å²) in [5.74, 6) is 0.155. The molecule has 47 heavy (non-hydrogen) atoms. The van der Waals surface area contributed by atoms with Gasteiger partial charge in [0, 0.05) is 63.5 Å². The molecule has 2 unspecified atom stereocenters. The molecule has 0 spiro atoms. The Bertz CT molecular complexity index is 1570. The lowest BCUT2D eigenvalue weighted by molar-refractivity contribution is -0.140. The minimum Gasteiger partial charge on any atom is -0.494 e. The first-order chi connectivity index (χ1) is 22.4. The third-order valence-electron chi connectivity index (χ3n) is 9.04. The summed E-state index contributed by atoms with van der Waals surface area (Å²) in [6.45, 7) is 14.6. The highest BCUT2D eigenvalue weighted by Crippen LogP contribution is 2.31. The molecule has 12 heteroatoms. The first-order valence-corrected chi connectivity index (χ1v) is 16.5. The van der Waals surface area contributed by atoms with Gasteiger partial charge in [0.25, 0.3) is 5.91 Å². The number of rotatable bonds is 10. The van der Waals surface area contributed by atoms with Crippen molar-refractivity contribution in [1.29, 1.82) is 0 Å². The van der Waals surface area contributed by atoms with Crippen LogP contribution in [0.5, 0.6) is 5.75 Å². The first kappa shape index (κ1) is 33.9. The van der Waals surface area contributed by atoms with Crippen molar-refractivity contribution in [2.24, 2.45) is 5.41 Å². The van der Waals surface area contributed by atoms with Crippen molar-refractivity contribution >= 4 is 29.1 Å². The van der Waals surface area contributed by atoms with Gasteiger partial charge in [-0.05, 0) is 62.4 Å². The minimum absolute atomic E-state index is 0.0247. The number of benzene rings is 1. The number of piperazine rings is 1. The van der Waals surface area contributed by atoms with E-state index in [-0.39, 0.29) is 34.9 Å². The van der Waals surface area contributed by atoms with E-state index in [1.807, 2.05) is 62.9 Å². The summed E-state index contributed by atoms with van der Waals surface area (Å²) in [6.07, 6.45) is 2.37. The molecular weight excluding hydrogens is 596 g/mol.